The average Bonchev–Trinajstić information content (AvgIpc) is 2.74. The molecule has 0 bridgehead atoms. The lowest BCUT2D eigenvalue weighted by molar-refractivity contribution is 0.134. The maximum Gasteiger partial charge on any atom is 0.251 e. The summed E-state index contributed by atoms with van der Waals surface area (Å²) in [5, 5.41) is 0. The third-order valence-corrected chi connectivity index (χ3v) is 2.54. The van der Waals surface area contributed by atoms with Gasteiger partial charge in [-0.05, 0) is 6.07 Å². The minimum atomic E-state index is -0.473. The number of hydrogen-bond acceptors (Lipinski definition) is 3. The second-order valence-corrected chi connectivity index (χ2v) is 3.59. The van der Waals surface area contributed by atoms with Gasteiger partial charge >= 0.3 is 0 Å². The van der Waals surface area contributed by atoms with Gasteiger partial charge in [0.1, 0.15) is 6.10 Å². The number of ether oxygens (including phenoxy) is 2. The van der Waals surface area contributed by atoms with E-state index in [-0.39, 0.29) is 17.9 Å². The molecule has 1 aliphatic heterocycles. The van der Waals surface area contributed by atoms with Gasteiger partial charge in [0.2, 0.25) is 0 Å². The molecule has 1 unspecified atom stereocenters. The molecule has 2 heterocycles. The topological polar surface area (TPSA) is 31.4 Å². The van der Waals surface area contributed by atoms with E-state index >= 15 is 0 Å². The Morgan fingerprint density at radius 1 is 1.67 bits per heavy atom. The zero-order valence-corrected chi connectivity index (χ0v) is 8.84. The van der Waals surface area contributed by atoms with Gasteiger partial charge in [-0.3, -0.25) is 0 Å². The van der Waals surface area contributed by atoms with E-state index in [1.165, 1.54) is 6.20 Å². The Bertz CT molecular complexity index is 342. The summed E-state index contributed by atoms with van der Waals surface area (Å²) in [5.74, 6) is -0.339. The second kappa shape index (κ2) is 4.77. The van der Waals surface area contributed by atoms with Crippen molar-refractivity contribution in [3.8, 4) is 5.88 Å². The van der Waals surface area contributed by atoms with Crippen molar-refractivity contribution >= 4 is 11.6 Å². The molecule has 0 saturated carbocycles. The zero-order chi connectivity index (χ0) is 10.7. The Hall–Kier alpha value is -0.870. The van der Waals surface area contributed by atoms with E-state index in [9.17, 15) is 4.39 Å². The molecule has 3 nitrogen and oxygen atoms in total. The van der Waals surface area contributed by atoms with Crippen LogP contribution in [0, 0.1) is 5.82 Å². The standard InChI is InChI=1S/C10H11ClFNO2/c11-5-7-1-3-13-10(9(7)12)15-8-2-4-14-6-8/h1,3,8H,2,4-6H2. The number of hydrogen-bond donors (Lipinski definition) is 0. The first-order valence-corrected chi connectivity index (χ1v) is 5.28. The number of halogens is 2. The highest BCUT2D eigenvalue weighted by atomic mass is 35.5. The van der Waals surface area contributed by atoms with Crippen LogP contribution < -0.4 is 4.74 Å². The monoisotopic (exact) mass is 231 g/mol. The largest absolute Gasteiger partial charge is 0.470 e. The van der Waals surface area contributed by atoms with Crippen molar-refractivity contribution in [2.24, 2.45) is 0 Å². The van der Waals surface area contributed by atoms with Crippen LogP contribution in [0.3, 0.4) is 0 Å². The molecule has 0 radical (unpaired) electrons. The molecule has 1 aromatic heterocycles. The highest BCUT2D eigenvalue weighted by Gasteiger charge is 2.20. The van der Waals surface area contributed by atoms with Gasteiger partial charge in [0.25, 0.3) is 5.88 Å². The van der Waals surface area contributed by atoms with Gasteiger partial charge in [0.05, 0.1) is 19.1 Å². The van der Waals surface area contributed by atoms with Gasteiger partial charge in [-0.1, -0.05) is 0 Å². The molecular weight excluding hydrogens is 221 g/mol. The first kappa shape index (κ1) is 10.6. The Morgan fingerprint density at radius 2 is 2.53 bits per heavy atom. The molecule has 1 aliphatic rings. The lowest BCUT2D eigenvalue weighted by atomic mass is 10.3. The smallest absolute Gasteiger partial charge is 0.251 e. The molecule has 0 aliphatic carbocycles. The maximum atomic E-state index is 13.6. The SMILES string of the molecule is Fc1c(CCl)ccnc1OC1CCOC1. The third kappa shape index (κ3) is 2.38. The third-order valence-electron chi connectivity index (χ3n) is 2.25. The van der Waals surface area contributed by atoms with Gasteiger partial charge in [0, 0.05) is 18.2 Å². The van der Waals surface area contributed by atoms with Crippen LogP contribution in [-0.4, -0.2) is 24.3 Å². The van der Waals surface area contributed by atoms with Crippen LogP contribution in [0.1, 0.15) is 12.0 Å². The fourth-order valence-electron chi connectivity index (χ4n) is 1.41. The second-order valence-electron chi connectivity index (χ2n) is 3.33. The van der Waals surface area contributed by atoms with Crippen LogP contribution in [0.15, 0.2) is 12.3 Å². The predicted octanol–water partition coefficient (Wildman–Crippen LogP) is 2.13. The van der Waals surface area contributed by atoms with Gasteiger partial charge in [0.15, 0.2) is 5.82 Å². The van der Waals surface area contributed by atoms with E-state index in [1.807, 2.05) is 0 Å². The predicted molar refractivity (Wildman–Crippen MR) is 53.6 cm³/mol. The number of rotatable bonds is 3. The summed E-state index contributed by atoms with van der Waals surface area (Å²) in [6.07, 6.45) is 2.16. The maximum absolute atomic E-state index is 13.6. The number of nitrogens with zero attached hydrogens (tertiary/aromatic N) is 1. The van der Waals surface area contributed by atoms with Gasteiger partial charge < -0.3 is 9.47 Å². The quantitative estimate of drug-likeness (QED) is 0.747. The number of alkyl halides is 1. The van der Waals surface area contributed by atoms with E-state index < -0.39 is 5.82 Å². The van der Waals surface area contributed by atoms with Gasteiger partial charge in [-0.25, -0.2) is 9.37 Å². The lowest BCUT2D eigenvalue weighted by Crippen LogP contribution is -2.17. The highest BCUT2D eigenvalue weighted by molar-refractivity contribution is 6.17. The van der Waals surface area contributed by atoms with Crippen molar-refractivity contribution in [2.75, 3.05) is 13.2 Å². The fourth-order valence-corrected chi connectivity index (χ4v) is 1.62. The van der Waals surface area contributed by atoms with Gasteiger partial charge in [-0.2, -0.15) is 0 Å². The molecule has 0 aromatic carbocycles. The summed E-state index contributed by atoms with van der Waals surface area (Å²) >= 11 is 5.57. The molecule has 0 amide bonds. The molecule has 2 rings (SSSR count). The van der Waals surface area contributed by atoms with Crippen molar-refractivity contribution in [1.82, 2.24) is 4.98 Å². The number of pyridine rings is 1. The van der Waals surface area contributed by atoms with E-state index in [4.69, 9.17) is 21.1 Å². The Labute approximate surface area is 92.2 Å². The van der Waals surface area contributed by atoms with Crippen LogP contribution in [0.4, 0.5) is 4.39 Å². The normalized spacial score (nSPS) is 20.5. The van der Waals surface area contributed by atoms with E-state index in [0.717, 1.165) is 6.42 Å². The molecule has 1 aromatic rings. The molecule has 15 heavy (non-hydrogen) atoms. The molecule has 0 N–H and O–H groups in total. The molecular formula is C10H11ClFNO2. The molecule has 0 spiro atoms. The first-order valence-electron chi connectivity index (χ1n) is 4.75. The van der Waals surface area contributed by atoms with Crippen LogP contribution in [0.2, 0.25) is 0 Å². The molecule has 5 heteroatoms. The first-order chi connectivity index (χ1) is 7.31. The molecule has 1 atom stereocenters. The summed E-state index contributed by atoms with van der Waals surface area (Å²) in [5.41, 5.74) is 0.403. The summed E-state index contributed by atoms with van der Waals surface area (Å²) in [6, 6.07) is 1.54. The number of aromatic nitrogens is 1. The van der Waals surface area contributed by atoms with Crippen LogP contribution in [0.25, 0.3) is 0 Å². The van der Waals surface area contributed by atoms with Crippen molar-refractivity contribution in [3.63, 3.8) is 0 Å². The highest BCUT2D eigenvalue weighted by Crippen LogP contribution is 2.21. The zero-order valence-electron chi connectivity index (χ0n) is 8.08. The summed E-state index contributed by atoms with van der Waals surface area (Å²) in [7, 11) is 0. The van der Waals surface area contributed by atoms with Crippen molar-refractivity contribution in [2.45, 2.75) is 18.4 Å². The van der Waals surface area contributed by atoms with E-state index in [2.05, 4.69) is 4.98 Å². The minimum Gasteiger partial charge on any atom is -0.470 e. The van der Waals surface area contributed by atoms with Crippen molar-refractivity contribution in [3.05, 3.63) is 23.6 Å². The molecule has 82 valence electrons. The Kier molecular flexibility index (Phi) is 3.38. The van der Waals surface area contributed by atoms with Crippen LogP contribution in [-0.2, 0) is 10.6 Å². The lowest BCUT2D eigenvalue weighted by Gasteiger charge is -2.12. The Morgan fingerprint density at radius 3 is 3.20 bits per heavy atom. The minimum absolute atomic E-state index is 0.0173. The summed E-state index contributed by atoms with van der Waals surface area (Å²) in [6.45, 7) is 1.15. The van der Waals surface area contributed by atoms with Crippen molar-refractivity contribution in [1.29, 1.82) is 0 Å². The fraction of sp³-hybridized carbons (Fsp3) is 0.500. The van der Waals surface area contributed by atoms with E-state index in [0.29, 0.717) is 18.8 Å². The average molecular weight is 232 g/mol. The Balaban J connectivity index is 2.13. The molecule has 1 saturated heterocycles. The van der Waals surface area contributed by atoms with Crippen LogP contribution >= 0.6 is 11.6 Å². The van der Waals surface area contributed by atoms with Crippen molar-refractivity contribution < 1.29 is 13.9 Å². The summed E-state index contributed by atoms with van der Waals surface area (Å²) < 4.78 is 24.1. The molecule has 1 fully saturated rings. The van der Waals surface area contributed by atoms with Crippen LogP contribution in [0.5, 0.6) is 5.88 Å². The van der Waals surface area contributed by atoms with Gasteiger partial charge in [-0.15, -0.1) is 11.6 Å². The summed E-state index contributed by atoms with van der Waals surface area (Å²) in [4.78, 5) is 3.84. The van der Waals surface area contributed by atoms with E-state index in [1.54, 1.807) is 6.07 Å².